The molecule has 8 heteroatoms. The van der Waals surface area contributed by atoms with Crippen LogP contribution in [-0.2, 0) is 10.9 Å². The van der Waals surface area contributed by atoms with Crippen molar-refractivity contribution < 1.29 is 27.4 Å². The van der Waals surface area contributed by atoms with Crippen molar-refractivity contribution in [1.82, 2.24) is 10.2 Å². The van der Waals surface area contributed by atoms with Crippen LogP contribution in [0.4, 0.5) is 13.2 Å². The molecule has 1 aliphatic rings. The lowest BCUT2D eigenvalue weighted by atomic mass is 10.0. The molecule has 5 nitrogen and oxygen atoms in total. The van der Waals surface area contributed by atoms with Crippen LogP contribution >= 0.6 is 0 Å². The molecule has 1 saturated heterocycles. The highest BCUT2D eigenvalue weighted by Crippen LogP contribution is 2.29. The zero-order chi connectivity index (χ0) is 20.9. The quantitative estimate of drug-likeness (QED) is 0.795. The van der Waals surface area contributed by atoms with Crippen LogP contribution in [0.1, 0.15) is 27.5 Å². The van der Waals surface area contributed by atoms with E-state index in [9.17, 15) is 18.0 Å². The van der Waals surface area contributed by atoms with E-state index < -0.39 is 17.6 Å². The summed E-state index contributed by atoms with van der Waals surface area (Å²) in [6.07, 6.45) is -4.43. The van der Waals surface area contributed by atoms with Crippen molar-refractivity contribution in [2.24, 2.45) is 0 Å². The molecule has 3 rings (SSSR count). The topological polar surface area (TPSA) is 50.8 Å². The SMILES string of the molecule is COc1ccc([C@H](CNC(=O)c2ccc(C(F)(F)F)cc2)N2CCOCC2)cc1. The summed E-state index contributed by atoms with van der Waals surface area (Å²) in [4.78, 5) is 14.7. The van der Waals surface area contributed by atoms with Gasteiger partial charge in [-0.1, -0.05) is 12.1 Å². The maximum absolute atomic E-state index is 12.7. The fourth-order valence-corrected chi connectivity index (χ4v) is 3.27. The van der Waals surface area contributed by atoms with Crippen molar-refractivity contribution in [2.45, 2.75) is 12.2 Å². The van der Waals surface area contributed by atoms with Gasteiger partial charge in [-0.2, -0.15) is 13.2 Å². The Bertz CT molecular complexity index is 801. The molecule has 0 radical (unpaired) electrons. The van der Waals surface area contributed by atoms with E-state index in [1.54, 1.807) is 7.11 Å². The highest BCUT2D eigenvalue weighted by Gasteiger charge is 2.30. The van der Waals surface area contributed by atoms with Crippen molar-refractivity contribution >= 4 is 5.91 Å². The van der Waals surface area contributed by atoms with Gasteiger partial charge in [-0.05, 0) is 42.0 Å². The van der Waals surface area contributed by atoms with Gasteiger partial charge in [-0.15, -0.1) is 0 Å². The number of alkyl halides is 3. The first-order valence-electron chi connectivity index (χ1n) is 9.29. The Morgan fingerprint density at radius 1 is 1.10 bits per heavy atom. The third-order valence-electron chi connectivity index (χ3n) is 4.92. The van der Waals surface area contributed by atoms with Crippen LogP contribution in [-0.4, -0.2) is 50.8 Å². The molecular weight excluding hydrogens is 385 g/mol. The number of ether oxygens (including phenoxy) is 2. The van der Waals surface area contributed by atoms with Crippen LogP contribution in [0, 0.1) is 0 Å². The Morgan fingerprint density at radius 3 is 2.28 bits per heavy atom. The summed E-state index contributed by atoms with van der Waals surface area (Å²) in [6.45, 7) is 3.00. The van der Waals surface area contributed by atoms with E-state index in [0.29, 0.717) is 19.8 Å². The summed E-state index contributed by atoms with van der Waals surface area (Å²) in [5.74, 6) is 0.328. The average Bonchev–Trinajstić information content (AvgIpc) is 2.74. The third-order valence-corrected chi connectivity index (χ3v) is 4.92. The van der Waals surface area contributed by atoms with Gasteiger partial charge >= 0.3 is 6.18 Å². The van der Waals surface area contributed by atoms with E-state index in [1.807, 2.05) is 24.3 Å². The highest BCUT2D eigenvalue weighted by molar-refractivity contribution is 5.94. The van der Waals surface area contributed by atoms with Crippen LogP contribution < -0.4 is 10.1 Å². The summed E-state index contributed by atoms with van der Waals surface area (Å²) in [5, 5.41) is 2.85. The molecule has 0 unspecified atom stereocenters. The van der Waals surface area contributed by atoms with Gasteiger partial charge < -0.3 is 14.8 Å². The number of carbonyl (C=O) groups excluding carboxylic acids is 1. The second-order valence-corrected chi connectivity index (χ2v) is 6.72. The first-order chi connectivity index (χ1) is 13.9. The molecule has 1 N–H and O–H groups in total. The lowest BCUT2D eigenvalue weighted by molar-refractivity contribution is -0.137. The molecule has 0 bridgehead atoms. The number of benzene rings is 2. The summed E-state index contributed by atoms with van der Waals surface area (Å²) in [7, 11) is 1.60. The number of nitrogens with one attached hydrogen (secondary N) is 1. The van der Waals surface area contributed by atoms with Crippen LogP contribution in [0.25, 0.3) is 0 Å². The molecule has 1 aliphatic heterocycles. The predicted molar refractivity (Wildman–Crippen MR) is 102 cm³/mol. The number of hydrogen-bond donors (Lipinski definition) is 1. The minimum absolute atomic E-state index is 0.0804. The van der Waals surface area contributed by atoms with Gasteiger partial charge in [0.15, 0.2) is 0 Å². The minimum Gasteiger partial charge on any atom is -0.497 e. The molecule has 0 spiro atoms. The minimum atomic E-state index is -4.43. The number of amides is 1. The number of nitrogens with zero attached hydrogens (tertiary/aromatic N) is 1. The van der Waals surface area contributed by atoms with E-state index in [1.165, 1.54) is 12.1 Å². The van der Waals surface area contributed by atoms with Crippen molar-refractivity contribution in [2.75, 3.05) is 40.0 Å². The summed E-state index contributed by atoms with van der Waals surface area (Å²) >= 11 is 0. The summed E-state index contributed by atoms with van der Waals surface area (Å²) < 4.78 is 48.7. The van der Waals surface area contributed by atoms with Crippen LogP contribution in [0.5, 0.6) is 5.75 Å². The van der Waals surface area contributed by atoms with Gasteiger partial charge in [-0.25, -0.2) is 0 Å². The largest absolute Gasteiger partial charge is 0.497 e. The zero-order valence-electron chi connectivity index (χ0n) is 16.0. The Hall–Kier alpha value is -2.58. The number of carbonyl (C=O) groups is 1. The van der Waals surface area contributed by atoms with E-state index in [-0.39, 0.29) is 11.6 Å². The molecule has 156 valence electrons. The fourth-order valence-electron chi connectivity index (χ4n) is 3.27. The Balaban J connectivity index is 1.70. The molecule has 1 heterocycles. The number of halogens is 3. The van der Waals surface area contributed by atoms with E-state index in [2.05, 4.69) is 10.2 Å². The van der Waals surface area contributed by atoms with Gasteiger partial charge in [0.05, 0.1) is 31.9 Å². The monoisotopic (exact) mass is 408 g/mol. The van der Waals surface area contributed by atoms with Crippen LogP contribution in [0.3, 0.4) is 0 Å². The van der Waals surface area contributed by atoms with E-state index in [0.717, 1.165) is 36.5 Å². The lowest BCUT2D eigenvalue weighted by Crippen LogP contribution is -2.43. The van der Waals surface area contributed by atoms with Gasteiger partial charge in [0.25, 0.3) is 5.91 Å². The first-order valence-corrected chi connectivity index (χ1v) is 9.29. The first kappa shape index (κ1) is 21.1. The highest BCUT2D eigenvalue weighted by atomic mass is 19.4. The maximum Gasteiger partial charge on any atom is 0.416 e. The molecule has 2 aromatic carbocycles. The summed E-state index contributed by atoms with van der Waals surface area (Å²) in [6, 6.07) is 11.7. The third kappa shape index (κ3) is 5.48. The molecule has 1 amide bonds. The molecule has 1 atom stereocenters. The molecule has 29 heavy (non-hydrogen) atoms. The van der Waals surface area contributed by atoms with E-state index >= 15 is 0 Å². The van der Waals surface area contributed by atoms with Gasteiger partial charge in [0.2, 0.25) is 0 Å². The van der Waals surface area contributed by atoms with Gasteiger partial charge in [-0.3, -0.25) is 9.69 Å². The van der Waals surface area contributed by atoms with Crippen molar-refractivity contribution in [3.05, 3.63) is 65.2 Å². The summed E-state index contributed by atoms with van der Waals surface area (Å²) in [5.41, 5.74) is 0.423. The Morgan fingerprint density at radius 2 is 1.72 bits per heavy atom. The second kappa shape index (κ2) is 9.28. The molecular formula is C21H23F3N2O3. The molecule has 0 aromatic heterocycles. The molecule has 0 saturated carbocycles. The Labute approximate surface area is 167 Å². The fraction of sp³-hybridized carbons (Fsp3) is 0.381. The van der Waals surface area contributed by atoms with Crippen LogP contribution in [0.2, 0.25) is 0 Å². The molecule has 1 fully saturated rings. The normalized spacial score (nSPS) is 16.3. The Kier molecular flexibility index (Phi) is 6.76. The second-order valence-electron chi connectivity index (χ2n) is 6.72. The van der Waals surface area contributed by atoms with Crippen molar-refractivity contribution in [3.63, 3.8) is 0 Å². The lowest BCUT2D eigenvalue weighted by Gasteiger charge is -2.35. The van der Waals surface area contributed by atoms with Gasteiger partial charge in [0.1, 0.15) is 5.75 Å². The standard InChI is InChI=1S/C21H23F3N2O3/c1-28-18-8-4-15(5-9-18)19(26-10-12-29-13-11-26)14-25-20(27)16-2-6-17(7-3-16)21(22,23)24/h2-9,19H,10-14H2,1H3,(H,25,27)/t19-/m0/s1. The predicted octanol–water partition coefficient (Wildman–Crippen LogP) is 3.52. The maximum atomic E-state index is 12.7. The number of methoxy groups -OCH3 is 1. The number of hydrogen-bond acceptors (Lipinski definition) is 4. The van der Waals surface area contributed by atoms with Crippen molar-refractivity contribution in [1.29, 1.82) is 0 Å². The number of morpholine rings is 1. The number of rotatable bonds is 6. The van der Waals surface area contributed by atoms with Crippen molar-refractivity contribution in [3.8, 4) is 5.75 Å². The van der Waals surface area contributed by atoms with E-state index in [4.69, 9.17) is 9.47 Å². The zero-order valence-corrected chi connectivity index (χ0v) is 16.0. The van der Waals surface area contributed by atoms with Gasteiger partial charge in [0, 0.05) is 25.2 Å². The smallest absolute Gasteiger partial charge is 0.416 e. The average molecular weight is 408 g/mol. The molecule has 2 aromatic rings. The molecule has 0 aliphatic carbocycles. The van der Waals surface area contributed by atoms with Crippen LogP contribution in [0.15, 0.2) is 48.5 Å².